The average Bonchev–Trinajstić information content (AvgIpc) is 2.81. The molecule has 0 saturated heterocycles. The quantitative estimate of drug-likeness (QED) is 0.445. The molecule has 4 aromatic rings. The summed E-state index contributed by atoms with van der Waals surface area (Å²) in [4.78, 5) is 26.6. The fourth-order valence-electron chi connectivity index (χ4n) is 3.49. The van der Waals surface area contributed by atoms with E-state index in [0.717, 1.165) is 14.8 Å². The number of para-hydroxylation sites is 1. The predicted molar refractivity (Wildman–Crippen MR) is 127 cm³/mol. The lowest BCUT2D eigenvalue weighted by atomic mass is 10.1. The summed E-state index contributed by atoms with van der Waals surface area (Å²) in [6, 6.07) is 19.3. The molecule has 2 N–H and O–H groups in total. The summed E-state index contributed by atoms with van der Waals surface area (Å²) in [5, 5.41) is 4.66. The van der Waals surface area contributed by atoms with Gasteiger partial charge in [-0.3, -0.25) is 9.36 Å². The highest BCUT2D eigenvalue weighted by molar-refractivity contribution is 6.32. The van der Waals surface area contributed by atoms with Crippen LogP contribution in [0.4, 0.5) is 4.39 Å². The van der Waals surface area contributed by atoms with Gasteiger partial charge in [-0.25, -0.2) is 9.18 Å². The van der Waals surface area contributed by atoms with Gasteiger partial charge in [-0.1, -0.05) is 71.7 Å². The van der Waals surface area contributed by atoms with Crippen LogP contribution < -0.4 is 17.0 Å². The summed E-state index contributed by atoms with van der Waals surface area (Å²) in [6.07, 6.45) is -0.213. The standard InChI is InChI=1S/C24H19Cl2FN4O2/c25-17-10-6-11-19(27)16(17)13-21-23(32)30(14-20(28)15-7-2-1-3-8-15)24(33)31(29-21)22-12-5-4-9-18(22)26/h1-12,20H,13-14,28H2. The molecule has 168 valence electrons. The fraction of sp³-hybridized carbons (Fsp3) is 0.125. The lowest BCUT2D eigenvalue weighted by Gasteiger charge is -2.17. The number of nitrogens with two attached hydrogens (primary N) is 1. The maximum atomic E-state index is 14.4. The summed E-state index contributed by atoms with van der Waals surface area (Å²) in [7, 11) is 0. The first-order chi connectivity index (χ1) is 15.9. The lowest BCUT2D eigenvalue weighted by molar-refractivity contribution is 0.502. The molecule has 0 spiro atoms. The molecule has 0 amide bonds. The Morgan fingerprint density at radius 1 is 0.909 bits per heavy atom. The van der Waals surface area contributed by atoms with Crippen molar-refractivity contribution in [1.82, 2.24) is 14.3 Å². The molecular weight excluding hydrogens is 466 g/mol. The molecule has 1 atom stereocenters. The van der Waals surface area contributed by atoms with Gasteiger partial charge in [0.25, 0.3) is 5.56 Å². The Balaban J connectivity index is 1.89. The lowest BCUT2D eigenvalue weighted by Crippen LogP contribution is -2.44. The van der Waals surface area contributed by atoms with E-state index in [9.17, 15) is 14.0 Å². The zero-order valence-electron chi connectivity index (χ0n) is 17.3. The topological polar surface area (TPSA) is 82.9 Å². The Hall–Kier alpha value is -3.26. The molecule has 0 aliphatic heterocycles. The minimum atomic E-state index is -0.706. The molecule has 4 rings (SSSR count). The van der Waals surface area contributed by atoms with Crippen LogP contribution in [-0.2, 0) is 13.0 Å². The average molecular weight is 485 g/mol. The van der Waals surface area contributed by atoms with Gasteiger partial charge < -0.3 is 5.73 Å². The first-order valence-electron chi connectivity index (χ1n) is 10.1. The van der Waals surface area contributed by atoms with Gasteiger partial charge in [0.1, 0.15) is 11.5 Å². The fourth-order valence-corrected chi connectivity index (χ4v) is 3.93. The van der Waals surface area contributed by atoms with Crippen molar-refractivity contribution in [1.29, 1.82) is 0 Å². The van der Waals surface area contributed by atoms with E-state index in [1.54, 1.807) is 24.3 Å². The molecule has 1 unspecified atom stereocenters. The number of aromatic nitrogens is 3. The van der Waals surface area contributed by atoms with Crippen LogP contribution in [0.3, 0.4) is 0 Å². The zero-order valence-corrected chi connectivity index (χ0v) is 18.8. The first kappa shape index (κ1) is 22.9. The van der Waals surface area contributed by atoms with E-state index in [4.69, 9.17) is 28.9 Å². The number of benzene rings is 3. The molecule has 9 heteroatoms. The van der Waals surface area contributed by atoms with Crippen molar-refractivity contribution in [3.05, 3.63) is 126 Å². The van der Waals surface area contributed by atoms with Crippen molar-refractivity contribution in [2.24, 2.45) is 5.73 Å². The summed E-state index contributed by atoms with van der Waals surface area (Å²) in [5.74, 6) is -0.577. The Bertz CT molecular complexity index is 1400. The van der Waals surface area contributed by atoms with Gasteiger partial charge in [0, 0.05) is 23.0 Å². The second-order valence-electron chi connectivity index (χ2n) is 7.40. The predicted octanol–water partition coefficient (Wildman–Crippen LogP) is 4.13. The van der Waals surface area contributed by atoms with Crippen LogP contribution in [-0.4, -0.2) is 14.3 Å². The van der Waals surface area contributed by atoms with Crippen LogP contribution >= 0.6 is 23.2 Å². The molecule has 1 aromatic heterocycles. The van der Waals surface area contributed by atoms with Crippen LogP contribution in [0.25, 0.3) is 5.69 Å². The number of halogens is 3. The van der Waals surface area contributed by atoms with Crippen molar-refractivity contribution in [3.8, 4) is 5.69 Å². The van der Waals surface area contributed by atoms with Crippen molar-refractivity contribution < 1.29 is 4.39 Å². The van der Waals surface area contributed by atoms with Crippen LogP contribution in [0.15, 0.2) is 82.4 Å². The molecule has 6 nitrogen and oxygen atoms in total. The van der Waals surface area contributed by atoms with Crippen molar-refractivity contribution in [3.63, 3.8) is 0 Å². The van der Waals surface area contributed by atoms with E-state index in [0.29, 0.717) is 0 Å². The van der Waals surface area contributed by atoms with Crippen molar-refractivity contribution >= 4 is 23.2 Å². The summed E-state index contributed by atoms with van der Waals surface area (Å²) >= 11 is 12.5. The van der Waals surface area contributed by atoms with Crippen LogP contribution in [0.5, 0.6) is 0 Å². The number of nitrogens with zero attached hydrogens (tertiary/aromatic N) is 3. The van der Waals surface area contributed by atoms with Gasteiger partial charge in [0.05, 0.1) is 17.3 Å². The van der Waals surface area contributed by atoms with E-state index in [1.807, 2.05) is 30.3 Å². The second-order valence-corrected chi connectivity index (χ2v) is 8.22. The Morgan fingerprint density at radius 2 is 1.58 bits per heavy atom. The monoisotopic (exact) mass is 484 g/mol. The molecule has 33 heavy (non-hydrogen) atoms. The largest absolute Gasteiger partial charge is 0.352 e. The van der Waals surface area contributed by atoms with E-state index in [2.05, 4.69) is 5.10 Å². The minimum absolute atomic E-state index is 0.0678. The van der Waals surface area contributed by atoms with Gasteiger partial charge in [0.2, 0.25) is 0 Å². The molecule has 0 bridgehead atoms. The molecule has 3 aromatic carbocycles. The Labute approximate surface area is 198 Å². The van der Waals surface area contributed by atoms with Crippen molar-refractivity contribution in [2.45, 2.75) is 19.0 Å². The molecule has 0 radical (unpaired) electrons. The highest BCUT2D eigenvalue weighted by atomic mass is 35.5. The number of rotatable bonds is 6. The molecule has 0 saturated carbocycles. The second kappa shape index (κ2) is 9.70. The molecule has 1 heterocycles. The molecule has 0 fully saturated rings. The van der Waals surface area contributed by atoms with E-state index < -0.39 is 23.1 Å². The SMILES string of the molecule is NC(Cn1c(=O)c(Cc2c(F)cccc2Cl)nn(-c2ccccc2Cl)c1=O)c1ccccc1. The summed E-state index contributed by atoms with van der Waals surface area (Å²) in [5.41, 5.74) is 5.99. The highest BCUT2D eigenvalue weighted by Crippen LogP contribution is 2.22. The third kappa shape index (κ3) is 4.75. The highest BCUT2D eigenvalue weighted by Gasteiger charge is 2.20. The number of hydrogen-bond acceptors (Lipinski definition) is 4. The van der Waals surface area contributed by atoms with Crippen molar-refractivity contribution in [2.75, 3.05) is 0 Å². The van der Waals surface area contributed by atoms with Gasteiger partial charge in [-0.05, 0) is 29.8 Å². The van der Waals surface area contributed by atoms with Gasteiger partial charge >= 0.3 is 5.69 Å². The zero-order chi connectivity index (χ0) is 23.5. The summed E-state index contributed by atoms with van der Waals surface area (Å²) in [6.45, 7) is -0.105. The molecule has 0 aliphatic carbocycles. The molecular formula is C24H19Cl2FN4O2. The summed E-state index contributed by atoms with van der Waals surface area (Å²) < 4.78 is 16.5. The van der Waals surface area contributed by atoms with Crippen LogP contribution in [0.2, 0.25) is 10.0 Å². The Morgan fingerprint density at radius 3 is 2.27 bits per heavy atom. The maximum Gasteiger partial charge on any atom is 0.352 e. The number of hydrogen-bond donors (Lipinski definition) is 1. The van der Waals surface area contributed by atoms with E-state index in [-0.39, 0.29) is 40.0 Å². The maximum absolute atomic E-state index is 14.4. The van der Waals surface area contributed by atoms with Gasteiger partial charge in [-0.2, -0.15) is 9.78 Å². The smallest absolute Gasteiger partial charge is 0.322 e. The van der Waals surface area contributed by atoms with Crippen LogP contribution in [0.1, 0.15) is 22.9 Å². The normalized spacial score (nSPS) is 12.0. The van der Waals surface area contributed by atoms with E-state index >= 15 is 0 Å². The first-order valence-corrected chi connectivity index (χ1v) is 10.8. The third-order valence-electron chi connectivity index (χ3n) is 5.22. The van der Waals surface area contributed by atoms with E-state index in [1.165, 1.54) is 18.2 Å². The van der Waals surface area contributed by atoms with Gasteiger partial charge in [0.15, 0.2) is 0 Å². The third-order valence-corrected chi connectivity index (χ3v) is 5.89. The molecule has 0 aliphatic rings. The Kier molecular flexibility index (Phi) is 6.74. The minimum Gasteiger partial charge on any atom is -0.322 e. The van der Waals surface area contributed by atoms with Crippen LogP contribution in [0, 0.1) is 5.82 Å². The van der Waals surface area contributed by atoms with Gasteiger partial charge in [-0.15, -0.1) is 0 Å².